The highest BCUT2D eigenvalue weighted by molar-refractivity contribution is 9.11. The first-order valence-corrected chi connectivity index (χ1v) is 6.26. The molecule has 0 unspecified atom stereocenters. The summed E-state index contributed by atoms with van der Waals surface area (Å²) < 4.78 is 0.789. The quantitative estimate of drug-likeness (QED) is 0.929. The Morgan fingerprint density at radius 1 is 1.56 bits per heavy atom. The molecule has 0 atom stereocenters. The van der Waals surface area contributed by atoms with Crippen LogP contribution in [0, 0.1) is 6.92 Å². The van der Waals surface area contributed by atoms with Crippen LogP contribution in [0.1, 0.15) is 21.7 Å². The van der Waals surface area contributed by atoms with E-state index < -0.39 is 5.97 Å². The van der Waals surface area contributed by atoms with Crippen LogP contribution in [0.25, 0.3) is 0 Å². The molecule has 1 heterocycles. The summed E-state index contributed by atoms with van der Waals surface area (Å²) >= 11 is 4.81. The highest BCUT2D eigenvalue weighted by atomic mass is 79.9. The Morgan fingerprint density at radius 3 is 2.62 bits per heavy atom. The van der Waals surface area contributed by atoms with Gasteiger partial charge in [0, 0.05) is 18.5 Å². The van der Waals surface area contributed by atoms with Gasteiger partial charge in [-0.1, -0.05) is 0 Å². The highest BCUT2D eigenvalue weighted by Crippen LogP contribution is 2.28. The molecule has 1 N–H and O–H groups in total. The van der Waals surface area contributed by atoms with Crippen molar-refractivity contribution in [2.45, 2.75) is 13.3 Å². The second kappa shape index (κ2) is 5.45. The van der Waals surface area contributed by atoms with E-state index >= 15 is 0 Å². The van der Waals surface area contributed by atoms with Gasteiger partial charge in [0.25, 0.3) is 5.91 Å². The van der Waals surface area contributed by atoms with E-state index in [1.807, 2.05) is 6.92 Å². The zero-order chi connectivity index (χ0) is 12.3. The van der Waals surface area contributed by atoms with Crippen molar-refractivity contribution < 1.29 is 14.7 Å². The Kier molecular flexibility index (Phi) is 4.49. The summed E-state index contributed by atoms with van der Waals surface area (Å²) in [7, 11) is 1.60. The largest absolute Gasteiger partial charge is 0.481 e. The van der Waals surface area contributed by atoms with E-state index in [1.165, 1.54) is 16.2 Å². The molecule has 88 valence electrons. The predicted octanol–water partition coefficient (Wildman–Crippen LogP) is 2.37. The number of nitrogens with zero attached hydrogens (tertiary/aromatic N) is 1. The smallest absolute Gasteiger partial charge is 0.305 e. The topological polar surface area (TPSA) is 57.6 Å². The molecule has 1 aromatic rings. The lowest BCUT2D eigenvalue weighted by Gasteiger charge is -2.15. The van der Waals surface area contributed by atoms with Gasteiger partial charge in [-0.05, 0) is 28.9 Å². The van der Waals surface area contributed by atoms with E-state index in [1.54, 1.807) is 13.1 Å². The number of aryl methyl sites for hydroxylation is 1. The second-order valence-electron chi connectivity index (χ2n) is 3.41. The van der Waals surface area contributed by atoms with E-state index in [0.717, 1.165) is 8.66 Å². The normalized spacial score (nSPS) is 10.2. The molecule has 0 aliphatic carbocycles. The first-order chi connectivity index (χ1) is 7.41. The van der Waals surface area contributed by atoms with Gasteiger partial charge in [0.1, 0.15) is 0 Å². The fourth-order valence-electron chi connectivity index (χ4n) is 1.20. The van der Waals surface area contributed by atoms with Crippen LogP contribution in [0.15, 0.2) is 9.85 Å². The SMILES string of the molecule is Cc1cc(C(=O)N(C)CCC(=O)O)c(Br)s1. The molecular weight excluding hydrogens is 294 g/mol. The van der Waals surface area contributed by atoms with Crippen molar-refractivity contribution in [3.8, 4) is 0 Å². The molecule has 0 saturated heterocycles. The summed E-state index contributed by atoms with van der Waals surface area (Å²) in [4.78, 5) is 24.8. The average molecular weight is 306 g/mol. The van der Waals surface area contributed by atoms with E-state index in [9.17, 15) is 9.59 Å². The maximum atomic E-state index is 11.9. The van der Waals surface area contributed by atoms with E-state index in [0.29, 0.717) is 5.56 Å². The number of hydrogen-bond acceptors (Lipinski definition) is 3. The van der Waals surface area contributed by atoms with Crippen LogP contribution in [0.4, 0.5) is 0 Å². The van der Waals surface area contributed by atoms with Crippen molar-refractivity contribution in [3.05, 3.63) is 20.3 Å². The number of thiophene rings is 1. The monoisotopic (exact) mass is 305 g/mol. The third-order valence-electron chi connectivity index (χ3n) is 2.05. The molecule has 0 aliphatic rings. The summed E-state index contributed by atoms with van der Waals surface area (Å²) in [6.07, 6.45) is -0.0387. The van der Waals surface area contributed by atoms with Gasteiger partial charge in [0.05, 0.1) is 15.8 Å². The Bertz CT molecular complexity index is 416. The van der Waals surface area contributed by atoms with Crippen LogP contribution in [0.3, 0.4) is 0 Å². The first-order valence-electron chi connectivity index (χ1n) is 4.65. The fourth-order valence-corrected chi connectivity index (χ4v) is 2.97. The lowest BCUT2D eigenvalue weighted by atomic mass is 10.2. The van der Waals surface area contributed by atoms with E-state index in [4.69, 9.17) is 5.11 Å². The molecule has 0 spiro atoms. The Morgan fingerprint density at radius 2 is 2.19 bits per heavy atom. The fraction of sp³-hybridized carbons (Fsp3) is 0.400. The van der Waals surface area contributed by atoms with Crippen LogP contribution in [-0.2, 0) is 4.79 Å². The molecule has 0 fully saturated rings. The van der Waals surface area contributed by atoms with E-state index in [-0.39, 0.29) is 18.9 Å². The van der Waals surface area contributed by atoms with Gasteiger partial charge >= 0.3 is 5.97 Å². The summed E-state index contributed by atoms with van der Waals surface area (Å²) in [5.41, 5.74) is 0.593. The van der Waals surface area contributed by atoms with Crippen LogP contribution in [0.2, 0.25) is 0 Å². The van der Waals surface area contributed by atoms with E-state index in [2.05, 4.69) is 15.9 Å². The maximum Gasteiger partial charge on any atom is 0.305 e. The number of aliphatic carboxylic acids is 1. The Balaban J connectivity index is 2.70. The van der Waals surface area contributed by atoms with Crippen molar-refractivity contribution in [2.24, 2.45) is 0 Å². The first kappa shape index (κ1) is 13.2. The highest BCUT2D eigenvalue weighted by Gasteiger charge is 2.17. The van der Waals surface area contributed by atoms with Crippen LogP contribution >= 0.6 is 27.3 Å². The number of carboxylic acid groups (broad SMARTS) is 1. The number of carboxylic acids is 1. The lowest BCUT2D eigenvalue weighted by Crippen LogP contribution is -2.28. The number of carbonyl (C=O) groups excluding carboxylic acids is 1. The van der Waals surface area contributed by atoms with Crippen molar-refractivity contribution >= 4 is 39.1 Å². The minimum absolute atomic E-state index is 0.0387. The van der Waals surface area contributed by atoms with Gasteiger partial charge in [-0.25, -0.2) is 0 Å². The Labute approximate surface area is 106 Å². The Hall–Kier alpha value is -0.880. The molecule has 0 aromatic carbocycles. The number of carbonyl (C=O) groups is 2. The molecule has 0 aliphatic heterocycles. The van der Waals surface area contributed by atoms with Gasteiger partial charge < -0.3 is 10.0 Å². The molecule has 0 bridgehead atoms. The van der Waals surface area contributed by atoms with Crippen molar-refractivity contribution in [1.29, 1.82) is 0 Å². The maximum absolute atomic E-state index is 11.9. The minimum atomic E-state index is -0.903. The molecule has 0 saturated carbocycles. The zero-order valence-electron chi connectivity index (χ0n) is 8.99. The van der Waals surface area contributed by atoms with Crippen molar-refractivity contribution in [3.63, 3.8) is 0 Å². The van der Waals surface area contributed by atoms with Crippen molar-refractivity contribution in [2.75, 3.05) is 13.6 Å². The molecular formula is C10H12BrNO3S. The standard InChI is InChI=1S/C10H12BrNO3S/c1-6-5-7(9(11)16-6)10(15)12(2)4-3-8(13)14/h5H,3-4H2,1-2H3,(H,13,14). The summed E-state index contributed by atoms with van der Waals surface area (Å²) in [6, 6.07) is 1.80. The molecule has 6 heteroatoms. The number of rotatable bonds is 4. The summed E-state index contributed by atoms with van der Waals surface area (Å²) in [5, 5.41) is 8.53. The summed E-state index contributed by atoms with van der Waals surface area (Å²) in [6.45, 7) is 2.14. The number of halogens is 1. The van der Waals surface area contributed by atoms with Gasteiger partial charge in [-0.2, -0.15) is 0 Å². The molecule has 1 rings (SSSR count). The van der Waals surface area contributed by atoms with Gasteiger partial charge in [0.15, 0.2) is 0 Å². The number of hydrogen-bond donors (Lipinski definition) is 1. The second-order valence-corrected chi connectivity index (χ2v) is 5.99. The predicted molar refractivity (Wildman–Crippen MR) is 66.0 cm³/mol. The third-order valence-corrected chi connectivity index (χ3v) is 3.80. The number of amides is 1. The van der Waals surface area contributed by atoms with Gasteiger partial charge in [-0.3, -0.25) is 9.59 Å². The van der Waals surface area contributed by atoms with Gasteiger partial charge in [0.2, 0.25) is 0 Å². The lowest BCUT2D eigenvalue weighted by molar-refractivity contribution is -0.137. The van der Waals surface area contributed by atoms with Crippen LogP contribution in [-0.4, -0.2) is 35.5 Å². The molecule has 1 aromatic heterocycles. The van der Waals surface area contributed by atoms with Gasteiger partial charge in [-0.15, -0.1) is 11.3 Å². The van der Waals surface area contributed by atoms with Crippen molar-refractivity contribution in [1.82, 2.24) is 4.90 Å². The third kappa shape index (κ3) is 3.31. The molecule has 4 nitrogen and oxygen atoms in total. The average Bonchev–Trinajstić information content (AvgIpc) is 2.53. The molecule has 0 radical (unpaired) electrons. The molecule has 16 heavy (non-hydrogen) atoms. The van der Waals surface area contributed by atoms with Crippen LogP contribution in [0.5, 0.6) is 0 Å². The van der Waals surface area contributed by atoms with Crippen LogP contribution < -0.4 is 0 Å². The molecule has 1 amide bonds. The zero-order valence-corrected chi connectivity index (χ0v) is 11.4. The summed E-state index contributed by atoms with van der Waals surface area (Å²) in [5.74, 6) is -1.06. The minimum Gasteiger partial charge on any atom is -0.481 e.